The summed E-state index contributed by atoms with van der Waals surface area (Å²) < 4.78 is 0. The van der Waals surface area contributed by atoms with Crippen LogP contribution in [0.15, 0.2) is 48.8 Å². The molecule has 4 rings (SSSR count). The van der Waals surface area contributed by atoms with E-state index in [0.29, 0.717) is 12.1 Å². The lowest BCUT2D eigenvalue weighted by molar-refractivity contribution is -0.117. The summed E-state index contributed by atoms with van der Waals surface area (Å²) in [5.41, 5.74) is 2.49. The van der Waals surface area contributed by atoms with Crippen LogP contribution in [0, 0.1) is 5.92 Å². The summed E-state index contributed by atoms with van der Waals surface area (Å²) in [6.07, 6.45) is 5.72. The molecule has 0 spiro atoms. The van der Waals surface area contributed by atoms with Crippen LogP contribution >= 0.6 is 0 Å². The highest BCUT2D eigenvalue weighted by Gasteiger charge is 2.30. The van der Waals surface area contributed by atoms with E-state index in [1.54, 1.807) is 23.2 Å². The van der Waals surface area contributed by atoms with Gasteiger partial charge in [0.25, 0.3) is 5.91 Å². The van der Waals surface area contributed by atoms with Crippen molar-refractivity contribution < 1.29 is 9.59 Å². The predicted octanol–water partition coefficient (Wildman–Crippen LogP) is 2.07. The third kappa shape index (κ3) is 3.54. The molecule has 0 bridgehead atoms. The first-order chi connectivity index (χ1) is 12.7. The molecule has 1 aromatic carbocycles. The minimum atomic E-state index is -0.285. The molecule has 134 valence electrons. The van der Waals surface area contributed by atoms with Gasteiger partial charge in [0.05, 0.1) is 23.5 Å². The molecule has 2 heterocycles. The summed E-state index contributed by atoms with van der Waals surface area (Å²) in [6.45, 7) is 2.52. The molecular formula is C20H22N4O2. The molecule has 2 aliphatic rings. The van der Waals surface area contributed by atoms with Crippen molar-refractivity contribution in [3.63, 3.8) is 0 Å². The maximum atomic E-state index is 12.7. The van der Waals surface area contributed by atoms with E-state index in [2.05, 4.69) is 21.3 Å². The standard InChI is InChI=1S/C20H22N4O2/c25-19(13-22-20(26)16-4-3-9-21-12-16)24-11-10-23(14-15-7-8-15)17-5-1-2-6-18(17)24/h1-6,9,12,15H,7-8,10-11,13-14H2,(H,22,26). The fraction of sp³-hybridized carbons (Fsp3) is 0.350. The van der Waals surface area contributed by atoms with E-state index in [1.807, 2.05) is 18.2 Å². The van der Waals surface area contributed by atoms with Crippen LogP contribution in [0.3, 0.4) is 0 Å². The Bertz CT molecular complexity index is 804. The maximum absolute atomic E-state index is 12.7. The number of hydrogen-bond donors (Lipinski definition) is 1. The molecule has 0 atom stereocenters. The Balaban J connectivity index is 1.43. The third-order valence-corrected chi connectivity index (χ3v) is 4.91. The molecule has 1 saturated carbocycles. The number of rotatable bonds is 5. The Morgan fingerprint density at radius 1 is 1.08 bits per heavy atom. The highest BCUT2D eigenvalue weighted by atomic mass is 16.2. The highest BCUT2D eigenvalue weighted by molar-refractivity contribution is 6.02. The predicted molar refractivity (Wildman–Crippen MR) is 100 cm³/mol. The topological polar surface area (TPSA) is 65.5 Å². The lowest BCUT2D eigenvalue weighted by Gasteiger charge is -2.38. The lowest BCUT2D eigenvalue weighted by atomic mass is 10.1. The summed E-state index contributed by atoms with van der Waals surface area (Å²) in [7, 11) is 0. The van der Waals surface area contributed by atoms with Gasteiger partial charge in [0.15, 0.2) is 0 Å². The zero-order chi connectivity index (χ0) is 17.9. The Hall–Kier alpha value is -2.89. The smallest absolute Gasteiger partial charge is 0.253 e. The van der Waals surface area contributed by atoms with Crippen LogP contribution < -0.4 is 15.1 Å². The fourth-order valence-electron chi connectivity index (χ4n) is 3.33. The molecule has 2 amide bonds. The number of pyridine rings is 1. The number of carbonyl (C=O) groups excluding carboxylic acids is 2. The average molecular weight is 350 g/mol. The summed E-state index contributed by atoms with van der Waals surface area (Å²) >= 11 is 0. The number of benzene rings is 1. The molecule has 1 aliphatic carbocycles. The summed E-state index contributed by atoms with van der Waals surface area (Å²) in [5.74, 6) is 0.414. The maximum Gasteiger partial charge on any atom is 0.253 e. The molecule has 0 saturated heterocycles. The number of amides is 2. The first-order valence-corrected chi connectivity index (χ1v) is 9.05. The number of nitrogens with one attached hydrogen (secondary N) is 1. The van der Waals surface area contributed by atoms with Gasteiger partial charge in [-0.1, -0.05) is 12.1 Å². The lowest BCUT2D eigenvalue weighted by Crippen LogP contribution is -2.48. The first kappa shape index (κ1) is 16.6. The van der Waals surface area contributed by atoms with Gasteiger partial charge in [-0.2, -0.15) is 0 Å². The Morgan fingerprint density at radius 3 is 2.62 bits per heavy atom. The summed E-state index contributed by atoms with van der Waals surface area (Å²) in [5, 5.41) is 2.70. The van der Waals surface area contributed by atoms with E-state index in [4.69, 9.17) is 0 Å². The number of nitrogens with zero attached hydrogens (tertiary/aromatic N) is 3. The second kappa shape index (κ2) is 7.15. The average Bonchev–Trinajstić information content (AvgIpc) is 3.51. The van der Waals surface area contributed by atoms with Crippen LogP contribution in [0.25, 0.3) is 0 Å². The van der Waals surface area contributed by atoms with E-state index in [0.717, 1.165) is 30.4 Å². The van der Waals surface area contributed by atoms with Crippen molar-refractivity contribution in [3.05, 3.63) is 54.4 Å². The zero-order valence-electron chi connectivity index (χ0n) is 14.6. The molecule has 2 aromatic rings. The zero-order valence-corrected chi connectivity index (χ0v) is 14.6. The van der Waals surface area contributed by atoms with Crippen molar-refractivity contribution in [1.82, 2.24) is 10.3 Å². The van der Waals surface area contributed by atoms with Crippen LogP contribution in [0.5, 0.6) is 0 Å². The molecule has 1 aromatic heterocycles. The van der Waals surface area contributed by atoms with Gasteiger partial charge in [0, 0.05) is 32.0 Å². The number of para-hydroxylation sites is 2. The second-order valence-electron chi connectivity index (χ2n) is 6.85. The minimum Gasteiger partial charge on any atom is -0.368 e. The molecular weight excluding hydrogens is 328 g/mol. The van der Waals surface area contributed by atoms with Crippen molar-refractivity contribution in [3.8, 4) is 0 Å². The molecule has 1 aliphatic heterocycles. The SMILES string of the molecule is O=C(NCC(=O)N1CCN(CC2CC2)c2ccccc21)c1cccnc1. The number of aromatic nitrogens is 1. The van der Waals surface area contributed by atoms with Gasteiger partial charge in [-0.25, -0.2) is 0 Å². The van der Waals surface area contributed by atoms with Crippen LogP contribution in [-0.4, -0.2) is 43.0 Å². The quantitative estimate of drug-likeness (QED) is 0.897. The van der Waals surface area contributed by atoms with E-state index in [-0.39, 0.29) is 18.4 Å². The van der Waals surface area contributed by atoms with Gasteiger partial charge >= 0.3 is 0 Å². The molecule has 26 heavy (non-hydrogen) atoms. The van der Waals surface area contributed by atoms with Crippen LogP contribution in [0.2, 0.25) is 0 Å². The van der Waals surface area contributed by atoms with Crippen molar-refractivity contribution in [2.75, 3.05) is 36.0 Å². The Kier molecular flexibility index (Phi) is 4.56. The fourth-order valence-corrected chi connectivity index (χ4v) is 3.33. The molecule has 6 heteroatoms. The van der Waals surface area contributed by atoms with Gasteiger partial charge in [-0.3, -0.25) is 14.6 Å². The number of carbonyl (C=O) groups is 2. The van der Waals surface area contributed by atoms with Crippen molar-refractivity contribution in [2.24, 2.45) is 5.92 Å². The van der Waals surface area contributed by atoms with Gasteiger partial charge in [0.1, 0.15) is 0 Å². The van der Waals surface area contributed by atoms with Gasteiger partial charge < -0.3 is 15.1 Å². The van der Waals surface area contributed by atoms with Crippen molar-refractivity contribution >= 4 is 23.2 Å². The first-order valence-electron chi connectivity index (χ1n) is 9.05. The second-order valence-corrected chi connectivity index (χ2v) is 6.85. The van der Waals surface area contributed by atoms with Gasteiger partial charge in [0.2, 0.25) is 5.91 Å². The van der Waals surface area contributed by atoms with E-state index in [1.165, 1.54) is 19.0 Å². The largest absolute Gasteiger partial charge is 0.368 e. The van der Waals surface area contributed by atoms with E-state index >= 15 is 0 Å². The van der Waals surface area contributed by atoms with Crippen LogP contribution in [0.1, 0.15) is 23.2 Å². The van der Waals surface area contributed by atoms with Gasteiger partial charge in [-0.05, 0) is 43.0 Å². The van der Waals surface area contributed by atoms with Gasteiger partial charge in [-0.15, -0.1) is 0 Å². The summed E-state index contributed by atoms with van der Waals surface area (Å²) in [4.78, 5) is 32.9. The van der Waals surface area contributed by atoms with E-state index < -0.39 is 0 Å². The number of hydrogen-bond acceptors (Lipinski definition) is 4. The molecule has 0 unspecified atom stereocenters. The number of fused-ring (bicyclic) bond motifs is 1. The minimum absolute atomic E-state index is 0.0231. The van der Waals surface area contributed by atoms with E-state index in [9.17, 15) is 9.59 Å². The monoisotopic (exact) mass is 350 g/mol. The third-order valence-electron chi connectivity index (χ3n) is 4.91. The molecule has 1 N–H and O–H groups in total. The van der Waals surface area contributed by atoms with Crippen LogP contribution in [-0.2, 0) is 4.79 Å². The molecule has 0 radical (unpaired) electrons. The normalized spacial score (nSPS) is 16.2. The highest BCUT2D eigenvalue weighted by Crippen LogP contribution is 2.37. The Labute approximate surface area is 152 Å². The number of anilines is 2. The van der Waals surface area contributed by atoms with Crippen molar-refractivity contribution in [2.45, 2.75) is 12.8 Å². The Morgan fingerprint density at radius 2 is 1.88 bits per heavy atom. The molecule has 6 nitrogen and oxygen atoms in total. The summed E-state index contributed by atoms with van der Waals surface area (Å²) in [6, 6.07) is 11.4. The van der Waals surface area contributed by atoms with Crippen molar-refractivity contribution in [1.29, 1.82) is 0 Å². The molecule has 1 fully saturated rings. The van der Waals surface area contributed by atoms with Crippen LogP contribution in [0.4, 0.5) is 11.4 Å².